The maximum absolute atomic E-state index is 12.0. The number of nitrogens with zero attached hydrogens (tertiary/aromatic N) is 1. The lowest BCUT2D eigenvalue weighted by Crippen LogP contribution is -2.17. The molecule has 0 saturated heterocycles. The fraction of sp³-hybridized carbons (Fsp3) is 0.125. The van der Waals surface area contributed by atoms with E-state index in [2.05, 4.69) is 10.5 Å². The van der Waals surface area contributed by atoms with Crippen molar-refractivity contribution in [1.29, 1.82) is 0 Å². The topological polar surface area (TPSA) is 50.7 Å². The van der Waals surface area contributed by atoms with E-state index in [1.807, 2.05) is 31.2 Å². The lowest BCUT2D eigenvalue weighted by Gasteiger charge is -2.06. The molecule has 6 heteroatoms. The van der Waals surface area contributed by atoms with Crippen LogP contribution in [0.25, 0.3) is 0 Å². The molecule has 0 radical (unpaired) electrons. The van der Waals surface area contributed by atoms with Gasteiger partial charge in [0.25, 0.3) is 5.91 Å². The number of benzene rings is 2. The number of hydrazone groups is 1. The number of nitrogens with one attached hydrogen (secondary N) is 1. The molecule has 0 atom stereocenters. The van der Waals surface area contributed by atoms with Crippen molar-refractivity contribution in [2.45, 2.75) is 6.92 Å². The molecule has 0 fully saturated rings. The highest BCUT2D eigenvalue weighted by molar-refractivity contribution is 6.42. The van der Waals surface area contributed by atoms with Crippen molar-refractivity contribution < 1.29 is 9.53 Å². The molecule has 1 N–H and O–H groups in total. The van der Waals surface area contributed by atoms with Crippen LogP contribution in [0.4, 0.5) is 0 Å². The van der Waals surface area contributed by atoms with Crippen molar-refractivity contribution in [2.75, 3.05) is 6.61 Å². The van der Waals surface area contributed by atoms with Gasteiger partial charge in [0.2, 0.25) is 0 Å². The number of para-hydroxylation sites is 1. The first kappa shape index (κ1) is 16.3. The Morgan fingerprint density at radius 3 is 2.73 bits per heavy atom. The van der Waals surface area contributed by atoms with Gasteiger partial charge in [-0.25, -0.2) is 5.43 Å². The Balaban J connectivity index is 2.06. The van der Waals surface area contributed by atoms with Crippen LogP contribution in [0.15, 0.2) is 47.6 Å². The van der Waals surface area contributed by atoms with Crippen LogP contribution >= 0.6 is 23.2 Å². The molecule has 0 aliphatic rings. The van der Waals surface area contributed by atoms with E-state index in [4.69, 9.17) is 27.9 Å². The van der Waals surface area contributed by atoms with E-state index >= 15 is 0 Å². The summed E-state index contributed by atoms with van der Waals surface area (Å²) in [6, 6.07) is 12.1. The van der Waals surface area contributed by atoms with Crippen LogP contribution < -0.4 is 10.2 Å². The second-order valence-corrected chi connectivity index (χ2v) is 5.11. The third-order valence-electron chi connectivity index (χ3n) is 2.77. The van der Waals surface area contributed by atoms with Crippen LogP contribution in [0, 0.1) is 0 Å². The van der Waals surface area contributed by atoms with Crippen LogP contribution in [0.1, 0.15) is 22.8 Å². The number of hydrogen-bond acceptors (Lipinski definition) is 3. The fourth-order valence-corrected chi connectivity index (χ4v) is 2.03. The van der Waals surface area contributed by atoms with E-state index in [-0.39, 0.29) is 5.91 Å². The lowest BCUT2D eigenvalue weighted by atomic mass is 10.2. The summed E-state index contributed by atoms with van der Waals surface area (Å²) in [5.74, 6) is 0.334. The minimum atomic E-state index is -0.372. The smallest absolute Gasteiger partial charge is 0.271 e. The zero-order chi connectivity index (χ0) is 15.9. The van der Waals surface area contributed by atoms with Gasteiger partial charge in [0.15, 0.2) is 0 Å². The fourth-order valence-electron chi connectivity index (χ4n) is 1.74. The lowest BCUT2D eigenvalue weighted by molar-refractivity contribution is 0.0955. The Morgan fingerprint density at radius 2 is 2.00 bits per heavy atom. The highest BCUT2D eigenvalue weighted by atomic mass is 35.5. The van der Waals surface area contributed by atoms with Crippen LogP contribution in [-0.4, -0.2) is 18.7 Å². The third kappa shape index (κ3) is 4.23. The summed E-state index contributed by atoms with van der Waals surface area (Å²) in [7, 11) is 0. The molecule has 2 aromatic carbocycles. The molecule has 1 amide bonds. The molecule has 2 aromatic rings. The van der Waals surface area contributed by atoms with Crippen LogP contribution in [0.2, 0.25) is 10.0 Å². The highest BCUT2D eigenvalue weighted by Crippen LogP contribution is 2.22. The average molecular weight is 337 g/mol. The van der Waals surface area contributed by atoms with E-state index in [1.165, 1.54) is 12.3 Å². The van der Waals surface area contributed by atoms with E-state index in [9.17, 15) is 4.79 Å². The Labute approximate surface area is 138 Å². The van der Waals surface area contributed by atoms with Crippen molar-refractivity contribution in [3.05, 3.63) is 63.6 Å². The summed E-state index contributed by atoms with van der Waals surface area (Å²) in [5, 5.41) is 4.65. The van der Waals surface area contributed by atoms with Crippen molar-refractivity contribution in [3.8, 4) is 5.75 Å². The van der Waals surface area contributed by atoms with Gasteiger partial charge in [-0.05, 0) is 37.3 Å². The number of carbonyl (C=O) groups is 1. The summed E-state index contributed by atoms with van der Waals surface area (Å²) in [6.45, 7) is 2.46. The average Bonchev–Trinajstić information content (AvgIpc) is 2.52. The normalized spacial score (nSPS) is 10.7. The molecule has 0 saturated carbocycles. The van der Waals surface area contributed by atoms with Crippen molar-refractivity contribution in [1.82, 2.24) is 5.43 Å². The second kappa shape index (κ2) is 7.82. The predicted molar refractivity (Wildman–Crippen MR) is 89.1 cm³/mol. The first-order chi connectivity index (χ1) is 10.6. The third-order valence-corrected chi connectivity index (χ3v) is 3.51. The molecule has 114 valence electrons. The van der Waals surface area contributed by atoms with Gasteiger partial charge >= 0.3 is 0 Å². The van der Waals surface area contributed by atoms with Gasteiger partial charge in [-0.1, -0.05) is 35.3 Å². The molecular formula is C16H14Cl2N2O2. The number of rotatable bonds is 5. The Kier molecular flexibility index (Phi) is 5.81. The van der Waals surface area contributed by atoms with Gasteiger partial charge in [0.05, 0.1) is 22.9 Å². The maximum atomic E-state index is 12.0. The van der Waals surface area contributed by atoms with Gasteiger partial charge in [-0.3, -0.25) is 4.79 Å². The number of hydrogen-bond donors (Lipinski definition) is 1. The van der Waals surface area contributed by atoms with Crippen LogP contribution in [0.5, 0.6) is 5.75 Å². The molecular weight excluding hydrogens is 323 g/mol. The van der Waals surface area contributed by atoms with Crippen molar-refractivity contribution in [2.24, 2.45) is 5.10 Å². The van der Waals surface area contributed by atoms with E-state index in [0.29, 0.717) is 28.0 Å². The van der Waals surface area contributed by atoms with Crippen molar-refractivity contribution in [3.63, 3.8) is 0 Å². The molecule has 0 bridgehead atoms. The summed E-state index contributed by atoms with van der Waals surface area (Å²) in [6.07, 6.45) is 1.53. The van der Waals surface area contributed by atoms with Gasteiger partial charge in [0.1, 0.15) is 5.75 Å². The van der Waals surface area contributed by atoms with Crippen molar-refractivity contribution >= 4 is 35.3 Å². The minimum absolute atomic E-state index is 0.319. The quantitative estimate of drug-likeness (QED) is 0.658. The largest absolute Gasteiger partial charge is 0.493 e. The SMILES string of the molecule is CCOc1ccccc1/C=N\NC(=O)c1ccc(Cl)c(Cl)c1. The van der Waals surface area contributed by atoms with Crippen LogP contribution in [0.3, 0.4) is 0 Å². The van der Waals surface area contributed by atoms with Gasteiger partial charge in [0, 0.05) is 11.1 Å². The first-order valence-electron chi connectivity index (χ1n) is 6.62. The van der Waals surface area contributed by atoms with Gasteiger partial charge in [-0.15, -0.1) is 0 Å². The molecule has 22 heavy (non-hydrogen) atoms. The maximum Gasteiger partial charge on any atom is 0.271 e. The van der Waals surface area contributed by atoms with Gasteiger partial charge < -0.3 is 4.74 Å². The molecule has 0 aromatic heterocycles. The Morgan fingerprint density at radius 1 is 1.23 bits per heavy atom. The van der Waals surface area contributed by atoms with Crippen LogP contribution in [-0.2, 0) is 0 Å². The Hall–Kier alpha value is -2.04. The minimum Gasteiger partial charge on any atom is -0.493 e. The summed E-state index contributed by atoms with van der Waals surface area (Å²) < 4.78 is 5.47. The molecule has 0 aliphatic carbocycles. The summed E-state index contributed by atoms with van der Waals surface area (Å²) in [5.41, 5.74) is 3.59. The zero-order valence-electron chi connectivity index (χ0n) is 11.8. The van der Waals surface area contributed by atoms with E-state index in [1.54, 1.807) is 12.1 Å². The molecule has 0 heterocycles. The molecule has 2 rings (SSSR count). The number of ether oxygens (including phenoxy) is 1. The first-order valence-corrected chi connectivity index (χ1v) is 7.37. The standard InChI is InChI=1S/C16H14Cl2N2O2/c1-2-22-15-6-4-3-5-12(15)10-19-20-16(21)11-7-8-13(17)14(18)9-11/h3-10H,2H2,1H3,(H,20,21)/b19-10-. The summed E-state index contributed by atoms with van der Waals surface area (Å²) >= 11 is 11.7. The number of halogens is 2. The highest BCUT2D eigenvalue weighted by Gasteiger charge is 2.07. The second-order valence-electron chi connectivity index (χ2n) is 4.30. The Bertz CT molecular complexity index is 702. The summed E-state index contributed by atoms with van der Waals surface area (Å²) in [4.78, 5) is 12.0. The predicted octanol–water partition coefficient (Wildman–Crippen LogP) is 4.16. The van der Waals surface area contributed by atoms with Gasteiger partial charge in [-0.2, -0.15) is 5.10 Å². The number of amides is 1. The van der Waals surface area contributed by atoms with E-state index in [0.717, 1.165) is 5.56 Å². The molecule has 0 unspecified atom stereocenters. The molecule has 0 spiro atoms. The van der Waals surface area contributed by atoms with E-state index < -0.39 is 0 Å². The molecule has 4 nitrogen and oxygen atoms in total. The monoisotopic (exact) mass is 336 g/mol. The molecule has 0 aliphatic heterocycles. The number of carbonyl (C=O) groups excluding carboxylic acids is 1. The zero-order valence-corrected chi connectivity index (χ0v) is 13.4.